The van der Waals surface area contributed by atoms with E-state index in [-0.39, 0.29) is 15.6 Å². The SMILES string of the molecule is O=C(O)c1ccnc(Sc2nc[nH]c(=O)c2Br)c1. The second kappa shape index (κ2) is 5.32. The van der Waals surface area contributed by atoms with E-state index in [4.69, 9.17) is 5.11 Å². The highest BCUT2D eigenvalue weighted by Crippen LogP contribution is 2.28. The fraction of sp³-hybridized carbons (Fsp3) is 0. The third-order valence-electron chi connectivity index (χ3n) is 1.95. The summed E-state index contributed by atoms with van der Waals surface area (Å²) >= 11 is 4.22. The lowest BCUT2D eigenvalue weighted by molar-refractivity contribution is 0.0696. The maximum atomic E-state index is 11.3. The number of aromatic nitrogens is 3. The zero-order chi connectivity index (χ0) is 13.1. The zero-order valence-corrected chi connectivity index (χ0v) is 11.2. The Morgan fingerprint density at radius 2 is 2.22 bits per heavy atom. The number of hydrogen-bond donors (Lipinski definition) is 2. The van der Waals surface area contributed by atoms with Crippen molar-refractivity contribution in [3.63, 3.8) is 0 Å². The minimum Gasteiger partial charge on any atom is -0.478 e. The van der Waals surface area contributed by atoms with Crippen LogP contribution in [0.15, 0.2) is 44.0 Å². The van der Waals surface area contributed by atoms with Gasteiger partial charge >= 0.3 is 5.97 Å². The van der Waals surface area contributed by atoms with Crippen LogP contribution in [0.25, 0.3) is 0 Å². The maximum absolute atomic E-state index is 11.3. The zero-order valence-electron chi connectivity index (χ0n) is 8.75. The molecule has 0 unspecified atom stereocenters. The highest BCUT2D eigenvalue weighted by Gasteiger charge is 2.10. The Bertz CT molecular complexity index is 659. The van der Waals surface area contributed by atoms with E-state index in [9.17, 15) is 9.59 Å². The number of hydrogen-bond acceptors (Lipinski definition) is 5. The van der Waals surface area contributed by atoms with Gasteiger partial charge < -0.3 is 10.1 Å². The maximum Gasteiger partial charge on any atom is 0.335 e. The molecule has 0 saturated carbocycles. The fourth-order valence-corrected chi connectivity index (χ4v) is 2.38. The van der Waals surface area contributed by atoms with Gasteiger partial charge in [-0.3, -0.25) is 4.79 Å². The van der Waals surface area contributed by atoms with Crippen molar-refractivity contribution in [1.29, 1.82) is 0 Å². The summed E-state index contributed by atoms with van der Waals surface area (Å²) in [7, 11) is 0. The number of aromatic carboxylic acids is 1. The van der Waals surface area contributed by atoms with Crippen LogP contribution in [0.1, 0.15) is 10.4 Å². The minimum absolute atomic E-state index is 0.133. The molecule has 18 heavy (non-hydrogen) atoms. The number of aromatic amines is 1. The summed E-state index contributed by atoms with van der Waals surface area (Å²) in [5.41, 5.74) is -0.171. The van der Waals surface area contributed by atoms with Crippen LogP contribution < -0.4 is 5.56 Å². The van der Waals surface area contributed by atoms with Gasteiger partial charge in [-0.1, -0.05) is 0 Å². The summed E-state index contributed by atoms with van der Waals surface area (Å²) in [4.78, 5) is 32.6. The van der Waals surface area contributed by atoms with Crippen LogP contribution in [0.3, 0.4) is 0 Å². The molecule has 8 heteroatoms. The lowest BCUT2D eigenvalue weighted by atomic mass is 10.3. The van der Waals surface area contributed by atoms with E-state index in [1.54, 1.807) is 0 Å². The Labute approximate surface area is 114 Å². The van der Waals surface area contributed by atoms with E-state index in [0.717, 1.165) is 11.8 Å². The third kappa shape index (κ3) is 2.77. The first-order valence-electron chi connectivity index (χ1n) is 4.68. The second-order valence-electron chi connectivity index (χ2n) is 3.14. The van der Waals surface area contributed by atoms with Gasteiger partial charge in [0.2, 0.25) is 0 Å². The molecule has 0 saturated heterocycles. The third-order valence-corrected chi connectivity index (χ3v) is 3.88. The molecule has 0 radical (unpaired) electrons. The van der Waals surface area contributed by atoms with Gasteiger partial charge in [0.15, 0.2) is 0 Å². The molecule has 0 bridgehead atoms. The molecule has 2 heterocycles. The van der Waals surface area contributed by atoms with Crippen LogP contribution in [0.5, 0.6) is 0 Å². The molecule has 2 aromatic rings. The quantitative estimate of drug-likeness (QED) is 0.834. The predicted molar refractivity (Wildman–Crippen MR) is 67.9 cm³/mol. The highest BCUT2D eigenvalue weighted by molar-refractivity contribution is 9.10. The molecule has 0 amide bonds. The number of carboxylic acids is 1. The molecular weight excluding hydrogens is 322 g/mol. The van der Waals surface area contributed by atoms with Crippen LogP contribution >= 0.6 is 27.7 Å². The monoisotopic (exact) mass is 327 g/mol. The molecule has 0 aliphatic rings. The van der Waals surface area contributed by atoms with Gasteiger partial charge in [0, 0.05) is 6.20 Å². The molecule has 0 fully saturated rings. The molecule has 2 rings (SSSR count). The average Bonchev–Trinajstić information content (AvgIpc) is 2.35. The minimum atomic E-state index is -1.03. The summed E-state index contributed by atoms with van der Waals surface area (Å²) in [6, 6.07) is 2.81. The van der Waals surface area contributed by atoms with Crippen LogP contribution in [-0.4, -0.2) is 26.0 Å². The van der Waals surface area contributed by atoms with Gasteiger partial charge in [-0.15, -0.1) is 0 Å². The van der Waals surface area contributed by atoms with Crippen molar-refractivity contribution >= 4 is 33.7 Å². The van der Waals surface area contributed by atoms with Gasteiger partial charge in [-0.2, -0.15) is 0 Å². The Hall–Kier alpha value is -1.67. The fourth-order valence-electron chi connectivity index (χ4n) is 1.14. The van der Waals surface area contributed by atoms with E-state index >= 15 is 0 Å². The van der Waals surface area contributed by atoms with E-state index in [0.29, 0.717) is 10.1 Å². The number of nitrogens with one attached hydrogen (secondary N) is 1. The molecule has 2 N–H and O–H groups in total. The summed E-state index contributed by atoms with van der Waals surface area (Å²) in [6.45, 7) is 0. The average molecular weight is 328 g/mol. The second-order valence-corrected chi connectivity index (χ2v) is 4.94. The van der Waals surface area contributed by atoms with Gasteiger partial charge in [0.25, 0.3) is 5.56 Å². The van der Waals surface area contributed by atoms with Crippen molar-refractivity contribution in [2.45, 2.75) is 10.1 Å². The number of halogens is 1. The molecule has 92 valence electrons. The topological polar surface area (TPSA) is 95.9 Å². The smallest absolute Gasteiger partial charge is 0.335 e. The van der Waals surface area contributed by atoms with Crippen molar-refractivity contribution < 1.29 is 9.90 Å². The number of H-pyrrole nitrogens is 1. The molecule has 6 nitrogen and oxygen atoms in total. The van der Waals surface area contributed by atoms with Gasteiger partial charge in [0.1, 0.15) is 14.5 Å². The van der Waals surface area contributed by atoms with Crippen LogP contribution in [-0.2, 0) is 0 Å². The molecule has 2 aromatic heterocycles. The highest BCUT2D eigenvalue weighted by atomic mass is 79.9. The van der Waals surface area contributed by atoms with Gasteiger partial charge in [-0.25, -0.2) is 14.8 Å². The van der Waals surface area contributed by atoms with E-state index in [1.807, 2.05) is 0 Å². The lowest BCUT2D eigenvalue weighted by Gasteiger charge is -2.02. The Balaban J connectivity index is 2.34. The molecule has 0 spiro atoms. The molecule has 0 aromatic carbocycles. The number of pyridine rings is 1. The summed E-state index contributed by atoms with van der Waals surface area (Å²) < 4.78 is 0.289. The first-order valence-corrected chi connectivity index (χ1v) is 6.29. The summed E-state index contributed by atoms with van der Waals surface area (Å²) in [5.74, 6) is -1.03. The summed E-state index contributed by atoms with van der Waals surface area (Å²) in [5, 5.41) is 9.73. The first-order chi connectivity index (χ1) is 8.58. The number of carboxylic acid groups (broad SMARTS) is 1. The van der Waals surface area contributed by atoms with Crippen molar-refractivity contribution in [3.05, 3.63) is 45.0 Å². The van der Waals surface area contributed by atoms with E-state index < -0.39 is 5.97 Å². The molecule has 0 aliphatic carbocycles. The lowest BCUT2D eigenvalue weighted by Crippen LogP contribution is -2.08. The van der Waals surface area contributed by atoms with E-state index in [2.05, 4.69) is 30.9 Å². The number of nitrogens with zero attached hydrogens (tertiary/aromatic N) is 2. The Morgan fingerprint density at radius 1 is 1.44 bits per heavy atom. The first kappa shape index (κ1) is 12.8. The standard InChI is InChI=1S/C10H6BrN3O3S/c11-7-8(15)13-4-14-9(7)18-6-3-5(10(16)17)1-2-12-6/h1-4H,(H,16,17)(H,13,14,15). The van der Waals surface area contributed by atoms with Crippen molar-refractivity contribution in [1.82, 2.24) is 15.0 Å². The van der Waals surface area contributed by atoms with E-state index in [1.165, 1.54) is 24.7 Å². The molecular formula is C10H6BrN3O3S. The van der Waals surface area contributed by atoms with Gasteiger partial charge in [0.05, 0.1) is 11.9 Å². The summed E-state index contributed by atoms with van der Waals surface area (Å²) in [6.07, 6.45) is 2.67. The van der Waals surface area contributed by atoms with Crippen molar-refractivity contribution in [2.75, 3.05) is 0 Å². The Morgan fingerprint density at radius 3 is 2.94 bits per heavy atom. The molecule has 0 atom stereocenters. The van der Waals surface area contributed by atoms with Crippen LogP contribution in [0.4, 0.5) is 0 Å². The van der Waals surface area contributed by atoms with Gasteiger partial charge in [-0.05, 0) is 39.8 Å². The van der Waals surface area contributed by atoms with Crippen molar-refractivity contribution in [3.8, 4) is 0 Å². The van der Waals surface area contributed by atoms with Crippen LogP contribution in [0, 0.1) is 0 Å². The predicted octanol–water partition coefficient (Wildman–Crippen LogP) is 1.78. The normalized spacial score (nSPS) is 10.3. The Kier molecular flexibility index (Phi) is 3.78. The number of rotatable bonds is 3. The number of carbonyl (C=O) groups is 1. The van der Waals surface area contributed by atoms with Crippen molar-refractivity contribution in [2.24, 2.45) is 0 Å². The largest absolute Gasteiger partial charge is 0.478 e. The molecule has 0 aliphatic heterocycles. The van der Waals surface area contributed by atoms with Crippen LogP contribution in [0.2, 0.25) is 0 Å².